The Morgan fingerprint density at radius 2 is 1.88 bits per heavy atom. The first-order chi connectivity index (χ1) is 20.3. The number of hydrogen-bond donors (Lipinski definition) is 3. The third-order valence-corrected chi connectivity index (χ3v) is 8.50. The van der Waals surface area contributed by atoms with E-state index in [1.807, 2.05) is 4.98 Å². The van der Waals surface area contributed by atoms with E-state index in [2.05, 4.69) is 5.09 Å². The van der Waals surface area contributed by atoms with Gasteiger partial charge in [0, 0.05) is 17.6 Å². The van der Waals surface area contributed by atoms with Crippen LogP contribution in [0.1, 0.15) is 33.9 Å². The number of alkyl halides is 1. The number of esters is 1. The second-order valence-corrected chi connectivity index (χ2v) is 12.3. The smallest absolute Gasteiger partial charge is 0.459 e. The molecule has 1 aliphatic heterocycles. The van der Waals surface area contributed by atoms with E-state index < -0.39 is 67.8 Å². The van der Waals surface area contributed by atoms with Gasteiger partial charge in [-0.1, -0.05) is 24.3 Å². The van der Waals surface area contributed by atoms with Crippen molar-refractivity contribution >= 4 is 35.7 Å². The van der Waals surface area contributed by atoms with E-state index in [1.54, 1.807) is 50.2 Å². The van der Waals surface area contributed by atoms with Crippen LogP contribution >= 0.6 is 7.75 Å². The maximum Gasteiger partial charge on any atom is 0.459 e. The Bertz CT molecular complexity index is 1820. The second-order valence-electron chi connectivity index (χ2n) is 10.6. The number of rotatable bonds is 10. The first-order valence-electron chi connectivity index (χ1n) is 13.5. The number of aromatic amines is 1. The van der Waals surface area contributed by atoms with E-state index in [1.165, 1.54) is 13.0 Å². The van der Waals surface area contributed by atoms with Crippen molar-refractivity contribution < 1.29 is 41.8 Å². The van der Waals surface area contributed by atoms with Gasteiger partial charge in [0.25, 0.3) is 5.56 Å². The third kappa shape index (κ3) is 6.15. The van der Waals surface area contributed by atoms with Crippen molar-refractivity contribution in [1.29, 1.82) is 0 Å². The lowest BCUT2D eigenvalue weighted by Crippen LogP contribution is -2.43. The summed E-state index contributed by atoms with van der Waals surface area (Å²) in [6, 6.07) is 11.8. The molecule has 6 atom stereocenters. The molecule has 5 rings (SSSR count). The van der Waals surface area contributed by atoms with Gasteiger partial charge >= 0.3 is 19.4 Å². The van der Waals surface area contributed by atoms with Crippen LogP contribution in [0.2, 0.25) is 0 Å². The number of fused-ring (bicyclic) bond motifs is 3. The number of benzene rings is 2. The van der Waals surface area contributed by atoms with Crippen LogP contribution in [0.15, 0.2) is 68.7 Å². The molecule has 3 heterocycles. The van der Waals surface area contributed by atoms with Crippen LogP contribution in [-0.4, -0.2) is 57.3 Å². The Labute approximate surface area is 244 Å². The summed E-state index contributed by atoms with van der Waals surface area (Å²) in [7, 11) is -4.50. The maximum atomic E-state index is 15.7. The normalized spacial score (nSPS) is 24.3. The molecule has 4 aromatic rings. The molecular formula is C28H31FN3O10P. The number of carbonyl (C=O) groups excluding carboxylic acids is 1. The van der Waals surface area contributed by atoms with Crippen LogP contribution in [0.25, 0.3) is 21.9 Å². The van der Waals surface area contributed by atoms with Crippen LogP contribution in [0.4, 0.5) is 4.39 Å². The maximum absolute atomic E-state index is 15.7. The molecule has 43 heavy (non-hydrogen) atoms. The topological polar surface area (TPSA) is 171 Å². The van der Waals surface area contributed by atoms with Crippen molar-refractivity contribution in [3.8, 4) is 5.75 Å². The fourth-order valence-electron chi connectivity index (χ4n) is 4.80. The Balaban J connectivity index is 1.45. The molecule has 3 N–H and O–H groups in total. The molecule has 1 aliphatic rings. The number of aromatic nitrogens is 2. The van der Waals surface area contributed by atoms with Crippen LogP contribution in [-0.2, 0) is 23.4 Å². The zero-order valence-electron chi connectivity index (χ0n) is 23.7. The Morgan fingerprint density at radius 3 is 2.60 bits per heavy atom. The van der Waals surface area contributed by atoms with Crippen molar-refractivity contribution in [3.05, 3.63) is 75.6 Å². The molecule has 1 fully saturated rings. The van der Waals surface area contributed by atoms with Gasteiger partial charge in [0.05, 0.1) is 18.1 Å². The number of furan rings is 1. The van der Waals surface area contributed by atoms with Crippen molar-refractivity contribution in [2.24, 2.45) is 0 Å². The number of carbonyl (C=O) groups is 1. The molecule has 15 heteroatoms. The van der Waals surface area contributed by atoms with E-state index in [-0.39, 0.29) is 5.75 Å². The van der Waals surface area contributed by atoms with Gasteiger partial charge in [0.1, 0.15) is 35.2 Å². The highest BCUT2D eigenvalue weighted by atomic mass is 31.2. The molecule has 13 nitrogen and oxygen atoms in total. The number of nitrogens with zero attached hydrogens (tertiary/aromatic N) is 1. The Kier molecular flexibility index (Phi) is 8.34. The highest BCUT2D eigenvalue weighted by Crippen LogP contribution is 2.50. The zero-order chi connectivity index (χ0) is 31.1. The quantitative estimate of drug-likeness (QED) is 0.175. The fourth-order valence-corrected chi connectivity index (χ4v) is 6.31. The lowest BCUT2D eigenvalue weighted by molar-refractivity contribution is -0.149. The van der Waals surface area contributed by atoms with E-state index in [0.717, 1.165) is 23.8 Å². The fraction of sp³-hybridized carbons (Fsp3) is 0.393. The number of aliphatic hydroxyl groups excluding tert-OH is 1. The molecule has 1 saturated heterocycles. The molecule has 6 unspecified atom stereocenters. The number of hydrogen-bond acceptors (Lipinski definition) is 10. The molecule has 2 aromatic heterocycles. The van der Waals surface area contributed by atoms with Gasteiger partial charge in [-0.15, -0.1) is 0 Å². The number of nitrogens with one attached hydrogen (secondary N) is 2. The van der Waals surface area contributed by atoms with Gasteiger partial charge in [-0.2, -0.15) is 5.09 Å². The Hall–Kier alpha value is -3.81. The van der Waals surface area contributed by atoms with Crippen molar-refractivity contribution in [1.82, 2.24) is 14.6 Å². The molecule has 0 amide bonds. The van der Waals surface area contributed by atoms with Gasteiger partial charge in [0.15, 0.2) is 11.9 Å². The summed E-state index contributed by atoms with van der Waals surface area (Å²) in [5.41, 5.74) is -3.18. The average molecular weight is 620 g/mol. The number of para-hydroxylation sites is 1. The van der Waals surface area contributed by atoms with E-state index >= 15 is 4.39 Å². The molecule has 0 radical (unpaired) electrons. The van der Waals surface area contributed by atoms with E-state index in [0.29, 0.717) is 21.9 Å². The van der Waals surface area contributed by atoms with Crippen LogP contribution in [0.3, 0.4) is 0 Å². The molecule has 2 aromatic carbocycles. The number of halogens is 1. The van der Waals surface area contributed by atoms with Crippen LogP contribution in [0, 0.1) is 0 Å². The first kappa shape index (κ1) is 30.6. The standard InChI is InChI=1S/C28H31FN3O10P/c1-15(2)39-25(35)16(3)31-43(37,42-20-11-7-10-19-23(20)17-8-5-6-9-18(17)40-19)38-14-21-24(34)28(4,29)26(41-21)32-13-12-22(33)30-27(32)36/h5-13,15-16,21,24,26,34H,14H2,1-4H3,(H,31,37)(H,30,33,36). The molecular weight excluding hydrogens is 588 g/mol. The van der Waals surface area contributed by atoms with Gasteiger partial charge in [-0.05, 0) is 45.9 Å². The van der Waals surface area contributed by atoms with Gasteiger partial charge in [-0.25, -0.2) is 13.8 Å². The molecule has 230 valence electrons. The van der Waals surface area contributed by atoms with Gasteiger partial charge in [-0.3, -0.25) is 23.7 Å². The predicted octanol–water partition coefficient (Wildman–Crippen LogP) is 3.56. The van der Waals surface area contributed by atoms with Crippen LogP contribution in [0.5, 0.6) is 5.75 Å². The van der Waals surface area contributed by atoms with Crippen LogP contribution < -0.4 is 20.9 Å². The lowest BCUT2D eigenvalue weighted by Gasteiger charge is -2.25. The summed E-state index contributed by atoms with van der Waals surface area (Å²) in [4.78, 5) is 38.4. The minimum absolute atomic E-state index is 0.101. The number of ether oxygens (including phenoxy) is 2. The third-order valence-electron chi connectivity index (χ3n) is 6.87. The highest BCUT2D eigenvalue weighted by Gasteiger charge is 2.56. The number of H-pyrrole nitrogens is 1. The lowest BCUT2D eigenvalue weighted by atomic mass is 9.98. The summed E-state index contributed by atoms with van der Waals surface area (Å²) in [5.74, 6) is -0.635. The van der Waals surface area contributed by atoms with Crippen molar-refractivity contribution in [2.45, 2.75) is 63.9 Å². The largest absolute Gasteiger partial charge is 0.462 e. The highest BCUT2D eigenvalue weighted by molar-refractivity contribution is 7.52. The summed E-state index contributed by atoms with van der Waals surface area (Å²) in [5, 5.41) is 14.5. The van der Waals surface area contributed by atoms with Crippen molar-refractivity contribution in [3.63, 3.8) is 0 Å². The average Bonchev–Trinajstić information content (AvgIpc) is 3.42. The summed E-state index contributed by atoms with van der Waals surface area (Å²) in [6.45, 7) is 5.03. The SMILES string of the molecule is CC(C)OC(=O)C(C)NP(=O)(OCC1OC(n2ccc(=O)[nH]c2=O)C(C)(F)C1O)Oc1cccc2oc3ccccc3c12. The van der Waals surface area contributed by atoms with E-state index in [4.69, 9.17) is 22.9 Å². The summed E-state index contributed by atoms with van der Waals surface area (Å²) < 4.78 is 59.0. The van der Waals surface area contributed by atoms with Gasteiger partial charge < -0.3 is 23.5 Å². The summed E-state index contributed by atoms with van der Waals surface area (Å²) >= 11 is 0. The van der Waals surface area contributed by atoms with Crippen molar-refractivity contribution in [2.75, 3.05) is 6.61 Å². The second kappa shape index (κ2) is 11.7. The van der Waals surface area contributed by atoms with E-state index in [9.17, 15) is 24.1 Å². The first-order valence-corrected chi connectivity index (χ1v) is 15.0. The minimum atomic E-state index is -4.50. The number of aliphatic hydroxyl groups is 1. The molecule has 0 bridgehead atoms. The molecule has 0 spiro atoms. The zero-order valence-corrected chi connectivity index (χ0v) is 24.6. The monoisotopic (exact) mass is 619 g/mol. The minimum Gasteiger partial charge on any atom is -0.462 e. The summed E-state index contributed by atoms with van der Waals surface area (Å²) in [6.07, 6.45) is -4.37. The molecule has 0 aliphatic carbocycles. The predicted molar refractivity (Wildman–Crippen MR) is 152 cm³/mol. The van der Waals surface area contributed by atoms with Gasteiger partial charge in [0.2, 0.25) is 0 Å². The molecule has 0 saturated carbocycles. The Morgan fingerprint density at radius 1 is 1.16 bits per heavy atom.